The average molecular weight is 357 g/mol. The topological polar surface area (TPSA) is 92.5 Å². The lowest BCUT2D eigenvalue weighted by molar-refractivity contribution is -0.131. The summed E-state index contributed by atoms with van der Waals surface area (Å²) in [5.74, 6) is 0.178. The molecule has 3 N–H and O–H groups in total. The molecule has 1 aromatic carbocycles. The van der Waals surface area contributed by atoms with Gasteiger partial charge in [0.05, 0.1) is 5.92 Å². The first-order chi connectivity index (χ1) is 12.4. The number of hydrogen-bond donors (Lipinski definition) is 2. The molecule has 3 amide bonds. The summed E-state index contributed by atoms with van der Waals surface area (Å²) in [6.07, 6.45) is 3.65. The van der Waals surface area contributed by atoms with E-state index in [1.165, 1.54) is 6.42 Å². The van der Waals surface area contributed by atoms with Crippen LogP contribution in [0, 0.1) is 17.8 Å². The molecule has 1 saturated carbocycles. The van der Waals surface area contributed by atoms with Crippen LogP contribution in [0.25, 0.3) is 0 Å². The van der Waals surface area contributed by atoms with E-state index in [1.807, 2.05) is 4.90 Å². The van der Waals surface area contributed by atoms with Crippen molar-refractivity contribution in [1.82, 2.24) is 4.90 Å². The number of benzene rings is 1. The molecule has 0 radical (unpaired) electrons. The Labute approximate surface area is 154 Å². The van der Waals surface area contributed by atoms with Crippen molar-refractivity contribution in [2.45, 2.75) is 45.6 Å². The largest absolute Gasteiger partial charge is 0.366 e. The van der Waals surface area contributed by atoms with E-state index in [9.17, 15) is 14.4 Å². The van der Waals surface area contributed by atoms with E-state index in [-0.39, 0.29) is 30.2 Å². The Morgan fingerprint density at radius 3 is 2.50 bits per heavy atom. The van der Waals surface area contributed by atoms with Gasteiger partial charge >= 0.3 is 0 Å². The van der Waals surface area contributed by atoms with Crippen molar-refractivity contribution in [3.8, 4) is 0 Å². The highest BCUT2D eigenvalue weighted by atomic mass is 16.2. The molecule has 0 bridgehead atoms. The maximum atomic E-state index is 12.6. The zero-order valence-corrected chi connectivity index (χ0v) is 15.4. The molecule has 140 valence electrons. The molecule has 3 rings (SSSR count). The van der Waals surface area contributed by atoms with E-state index in [4.69, 9.17) is 5.73 Å². The van der Waals surface area contributed by atoms with Crippen LogP contribution in [-0.4, -0.2) is 35.2 Å². The molecule has 1 heterocycles. The number of nitrogens with two attached hydrogens (primary N) is 1. The van der Waals surface area contributed by atoms with Crippen LogP contribution in [0.15, 0.2) is 24.3 Å². The van der Waals surface area contributed by atoms with E-state index < -0.39 is 5.91 Å². The quantitative estimate of drug-likeness (QED) is 0.866. The zero-order chi connectivity index (χ0) is 18.8. The van der Waals surface area contributed by atoms with Crippen molar-refractivity contribution >= 4 is 23.4 Å². The fourth-order valence-corrected chi connectivity index (χ4v) is 4.18. The van der Waals surface area contributed by atoms with Crippen LogP contribution in [-0.2, 0) is 9.59 Å². The SMILES string of the molecule is C[C@@H]1[C@@H](C)CCC[C@@H]1N1C[C@H](C(=O)Nc2ccc(C(N)=O)cc2)CC1=O. The first kappa shape index (κ1) is 18.4. The van der Waals surface area contributed by atoms with E-state index >= 15 is 0 Å². The summed E-state index contributed by atoms with van der Waals surface area (Å²) < 4.78 is 0. The molecule has 6 nitrogen and oxygen atoms in total. The molecule has 6 heteroatoms. The molecule has 2 aliphatic rings. The minimum Gasteiger partial charge on any atom is -0.366 e. The van der Waals surface area contributed by atoms with Crippen LogP contribution in [0.1, 0.15) is 49.9 Å². The molecule has 0 aromatic heterocycles. The molecule has 1 aliphatic carbocycles. The number of hydrogen-bond acceptors (Lipinski definition) is 3. The van der Waals surface area contributed by atoms with Crippen molar-refractivity contribution < 1.29 is 14.4 Å². The third kappa shape index (κ3) is 3.74. The fourth-order valence-electron chi connectivity index (χ4n) is 4.18. The van der Waals surface area contributed by atoms with Gasteiger partial charge in [0.2, 0.25) is 17.7 Å². The van der Waals surface area contributed by atoms with Crippen molar-refractivity contribution in [2.75, 3.05) is 11.9 Å². The molecule has 0 spiro atoms. The smallest absolute Gasteiger partial charge is 0.248 e. The summed E-state index contributed by atoms with van der Waals surface area (Å²) in [6, 6.07) is 6.71. The molecular formula is C20H27N3O3. The molecular weight excluding hydrogens is 330 g/mol. The number of carbonyl (C=O) groups excluding carboxylic acids is 3. The number of primary amides is 1. The lowest BCUT2D eigenvalue weighted by Gasteiger charge is -2.40. The van der Waals surface area contributed by atoms with Gasteiger partial charge in [0.25, 0.3) is 0 Å². The zero-order valence-electron chi connectivity index (χ0n) is 15.4. The number of rotatable bonds is 4. The van der Waals surface area contributed by atoms with Gasteiger partial charge in [-0.2, -0.15) is 0 Å². The van der Waals surface area contributed by atoms with Crippen LogP contribution in [0.5, 0.6) is 0 Å². The summed E-state index contributed by atoms with van der Waals surface area (Å²) in [5, 5.41) is 2.84. The minimum atomic E-state index is -0.504. The summed E-state index contributed by atoms with van der Waals surface area (Å²) in [4.78, 5) is 38.1. The summed E-state index contributed by atoms with van der Waals surface area (Å²) in [5.41, 5.74) is 6.21. The second kappa shape index (κ2) is 7.48. The van der Waals surface area contributed by atoms with Crippen LogP contribution in [0.2, 0.25) is 0 Å². The number of likely N-dealkylation sites (tertiary alicyclic amines) is 1. The second-order valence-electron chi connectivity index (χ2n) is 7.71. The fraction of sp³-hybridized carbons (Fsp3) is 0.550. The summed E-state index contributed by atoms with van der Waals surface area (Å²) in [6.45, 7) is 4.96. The number of carbonyl (C=O) groups is 3. The summed E-state index contributed by atoms with van der Waals surface area (Å²) in [7, 11) is 0. The predicted molar refractivity (Wildman–Crippen MR) is 99.4 cm³/mol. The lowest BCUT2D eigenvalue weighted by atomic mass is 9.77. The van der Waals surface area contributed by atoms with Crippen molar-refractivity contribution in [1.29, 1.82) is 0 Å². The van der Waals surface area contributed by atoms with Gasteiger partial charge in [-0.05, 0) is 42.5 Å². The highest BCUT2D eigenvalue weighted by molar-refractivity contribution is 5.98. The molecule has 0 unspecified atom stereocenters. The number of anilines is 1. The third-order valence-corrected chi connectivity index (χ3v) is 6.03. The molecule has 1 aliphatic heterocycles. The third-order valence-electron chi connectivity index (χ3n) is 6.03. The van der Waals surface area contributed by atoms with Gasteiger partial charge in [-0.3, -0.25) is 14.4 Å². The van der Waals surface area contributed by atoms with Gasteiger partial charge in [-0.1, -0.05) is 26.7 Å². The Balaban J connectivity index is 1.62. The Bertz CT molecular complexity index is 701. The highest BCUT2D eigenvalue weighted by Crippen LogP contribution is 2.35. The van der Waals surface area contributed by atoms with Crippen molar-refractivity contribution in [2.24, 2.45) is 23.5 Å². The summed E-state index contributed by atoms with van der Waals surface area (Å²) >= 11 is 0. The number of nitrogens with one attached hydrogen (secondary N) is 1. The van der Waals surface area contributed by atoms with Gasteiger partial charge in [0, 0.05) is 30.3 Å². The van der Waals surface area contributed by atoms with Gasteiger partial charge in [-0.25, -0.2) is 0 Å². The van der Waals surface area contributed by atoms with Crippen molar-refractivity contribution in [3.63, 3.8) is 0 Å². The van der Waals surface area contributed by atoms with Crippen LogP contribution in [0.4, 0.5) is 5.69 Å². The molecule has 2 fully saturated rings. The molecule has 4 atom stereocenters. The maximum Gasteiger partial charge on any atom is 0.248 e. The first-order valence-corrected chi connectivity index (χ1v) is 9.37. The van der Waals surface area contributed by atoms with E-state index in [0.717, 1.165) is 12.8 Å². The Morgan fingerprint density at radius 1 is 1.15 bits per heavy atom. The standard InChI is InChI=1S/C20H27N3O3/c1-12-4-3-5-17(13(12)2)23-11-15(10-18(23)24)20(26)22-16-8-6-14(7-9-16)19(21)25/h6-9,12-13,15,17H,3-5,10-11H2,1-2H3,(H2,21,25)(H,22,26)/t12-,13+,15+,17-/m0/s1. The van der Waals surface area contributed by atoms with Crippen LogP contribution < -0.4 is 11.1 Å². The first-order valence-electron chi connectivity index (χ1n) is 9.37. The Kier molecular flexibility index (Phi) is 5.30. The molecule has 1 saturated heterocycles. The lowest BCUT2D eigenvalue weighted by Crippen LogP contribution is -2.45. The van der Waals surface area contributed by atoms with Crippen molar-refractivity contribution in [3.05, 3.63) is 29.8 Å². The highest BCUT2D eigenvalue weighted by Gasteiger charge is 2.41. The van der Waals surface area contributed by atoms with Gasteiger partial charge in [-0.15, -0.1) is 0 Å². The molecule has 26 heavy (non-hydrogen) atoms. The van der Waals surface area contributed by atoms with Gasteiger partial charge < -0.3 is 16.0 Å². The van der Waals surface area contributed by atoms with E-state index in [0.29, 0.717) is 29.6 Å². The molecule has 1 aromatic rings. The second-order valence-corrected chi connectivity index (χ2v) is 7.71. The van der Waals surface area contributed by atoms with Gasteiger partial charge in [0.15, 0.2) is 0 Å². The maximum absolute atomic E-state index is 12.6. The van der Waals surface area contributed by atoms with Gasteiger partial charge in [0.1, 0.15) is 0 Å². The van der Waals surface area contributed by atoms with E-state index in [1.54, 1.807) is 24.3 Å². The predicted octanol–water partition coefficient (Wildman–Crippen LogP) is 2.40. The number of amides is 3. The average Bonchev–Trinajstić information content (AvgIpc) is 2.99. The van der Waals surface area contributed by atoms with Crippen LogP contribution in [0.3, 0.4) is 0 Å². The number of nitrogens with zero attached hydrogens (tertiary/aromatic N) is 1. The van der Waals surface area contributed by atoms with Crippen LogP contribution >= 0.6 is 0 Å². The Hall–Kier alpha value is -2.37. The normalized spacial score (nSPS) is 28.8. The van der Waals surface area contributed by atoms with E-state index in [2.05, 4.69) is 19.2 Å². The minimum absolute atomic E-state index is 0.0835. The Morgan fingerprint density at radius 2 is 1.85 bits per heavy atom. The monoisotopic (exact) mass is 357 g/mol.